The summed E-state index contributed by atoms with van der Waals surface area (Å²) in [5.41, 5.74) is 4.67. The molecule has 1 N–H and O–H groups in total. The number of benzene rings is 2. The Labute approximate surface area is 196 Å². The van der Waals surface area contributed by atoms with Gasteiger partial charge in [-0.3, -0.25) is 9.59 Å². The third kappa shape index (κ3) is 4.62. The van der Waals surface area contributed by atoms with Gasteiger partial charge in [0.2, 0.25) is 5.91 Å². The molecule has 0 aromatic heterocycles. The van der Waals surface area contributed by atoms with Crippen LogP contribution in [0.15, 0.2) is 42.5 Å². The minimum Gasteiger partial charge on any atom is -0.371 e. The first-order valence-electron chi connectivity index (χ1n) is 12.3. The summed E-state index contributed by atoms with van der Waals surface area (Å²) >= 11 is 0. The van der Waals surface area contributed by atoms with E-state index in [1.165, 1.54) is 5.56 Å². The van der Waals surface area contributed by atoms with Crippen LogP contribution in [0.2, 0.25) is 0 Å². The summed E-state index contributed by atoms with van der Waals surface area (Å²) < 4.78 is 0. The Morgan fingerprint density at radius 2 is 1.70 bits per heavy atom. The minimum absolute atomic E-state index is 0.0263. The Bertz CT molecular complexity index is 1030. The number of carbonyl (C=O) groups is 2. The molecular weight excluding hydrogens is 412 g/mol. The summed E-state index contributed by atoms with van der Waals surface area (Å²) in [6.45, 7) is 6.28. The van der Waals surface area contributed by atoms with E-state index >= 15 is 0 Å². The van der Waals surface area contributed by atoms with Gasteiger partial charge in [-0.25, -0.2) is 0 Å². The third-order valence-corrected chi connectivity index (χ3v) is 7.25. The van der Waals surface area contributed by atoms with Crippen LogP contribution in [0.4, 0.5) is 11.4 Å². The number of anilines is 2. The summed E-state index contributed by atoms with van der Waals surface area (Å²) in [5, 5.41) is 3.12. The van der Waals surface area contributed by atoms with Gasteiger partial charge < -0.3 is 20.0 Å². The van der Waals surface area contributed by atoms with Crippen LogP contribution in [-0.4, -0.2) is 61.4 Å². The molecule has 2 heterocycles. The molecule has 0 spiro atoms. The van der Waals surface area contributed by atoms with Gasteiger partial charge in [0.05, 0.1) is 17.3 Å². The summed E-state index contributed by atoms with van der Waals surface area (Å²) in [5.74, 6) is 0.340. The highest BCUT2D eigenvalue weighted by atomic mass is 16.2. The maximum atomic E-state index is 14.1. The van der Waals surface area contributed by atoms with E-state index in [1.54, 1.807) is 0 Å². The van der Waals surface area contributed by atoms with Gasteiger partial charge in [0, 0.05) is 44.3 Å². The van der Waals surface area contributed by atoms with Gasteiger partial charge in [-0.15, -0.1) is 0 Å². The number of carbonyl (C=O) groups excluding carboxylic acids is 2. The topological polar surface area (TPSA) is 55.9 Å². The smallest absolute Gasteiger partial charge is 0.256 e. The molecule has 2 amide bonds. The molecule has 2 aromatic rings. The largest absolute Gasteiger partial charge is 0.371 e. The van der Waals surface area contributed by atoms with E-state index in [4.69, 9.17) is 0 Å². The second-order valence-electron chi connectivity index (χ2n) is 9.83. The van der Waals surface area contributed by atoms with Crippen LogP contribution >= 0.6 is 0 Å². The van der Waals surface area contributed by atoms with Crippen LogP contribution in [0.5, 0.6) is 0 Å². The van der Waals surface area contributed by atoms with Crippen LogP contribution in [0.25, 0.3) is 0 Å². The van der Waals surface area contributed by atoms with Gasteiger partial charge in [0.1, 0.15) is 0 Å². The van der Waals surface area contributed by atoms with Crippen molar-refractivity contribution in [3.63, 3.8) is 0 Å². The molecular formula is C27H34N4O2. The first kappa shape index (κ1) is 22.0. The first-order chi connectivity index (χ1) is 16.0. The molecule has 33 heavy (non-hydrogen) atoms. The van der Waals surface area contributed by atoms with E-state index in [2.05, 4.69) is 34.3 Å². The number of nitrogens with zero attached hydrogens (tertiary/aromatic N) is 3. The van der Waals surface area contributed by atoms with Crippen molar-refractivity contribution in [3.8, 4) is 0 Å². The third-order valence-electron chi connectivity index (χ3n) is 7.25. The van der Waals surface area contributed by atoms with E-state index < -0.39 is 0 Å². The molecule has 6 nitrogen and oxygen atoms in total. The zero-order chi connectivity index (χ0) is 22.9. The van der Waals surface area contributed by atoms with E-state index in [-0.39, 0.29) is 23.8 Å². The van der Waals surface area contributed by atoms with Crippen LogP contribution in [-0.2, 0) is 4.79 Å². The normalized spacial score (nSPS) is 21.3. The highest BCUT2D eigenvalue weighted by Gasteiger charge is 2.34. The molecule has 5 rings (SSSR count). The van der Waals surface area contributed by atoms with Crippen molar-refractivity contribution < 1.29 is 9.59 Å². The van der Waals surface area contributed by atoms with Crippen molar-refractivity contribution in [1.82, 2.24) is 9.80 Å². The summed E-state index contributed by atoms with van der Waals surface area (Å²) in [6.07, 6.45) is 4.22. The number of piperazine rings is 1. The number of hydrogen-bond donors (Lipinski definition) is 1. The first-order valence-corrected chi connectivity index (χ1v) is 12.3. The van der Waals surface area contributed by atoms with Gasteiger partial charge >= 0.3 is 0 Å². The molecule has 3 aliphatic rings. The highest BCUT2D eigenvalue weighted by molar-refractivity contribution is 6.03. The lowest BCUT2D eigenvalue weighted by Crippen LogP contribution is -2.49. The second kappa shape index (κ2) is 9.18. The van der Waals surface area contributed by atoms with Crippen LogP contribution in [0.3, 0.4) is 0 Å². The molecule has 1 saturated carbocycles. The molecule has 2 aromatic carbocycles. The SMILES string of the molecule is Cc1cc(C(=O)N2CCN(C)C[C@@H]2c2ccccc2)c(N2CCCC2)cc1NC(=O)C1CC1. The van der Waals surface area contributed by atoms with Crippen molar-refractivity contribution >= 4 is 23.2 Å². The molecule has 0 unspecified atom stereocenters. The molecule has 1 atom stereocenters. The number of amides is 2. The van der Waals surface area contributed by atoms with E-state index in [0.717, 1.165) is 74.4 Å². The maximum Gasteiger partial charge on any atom is 0.256 e. The standard InChI is InChI=1S/C27H34N4O2/c1-19-16-22(24(30-12-6-7-13-30)17-23(19)28-26(32)21-10-11-21)27(33)31-15-14-29(2)18-25(31)20-8-4-3-5-9-20/h3-5,8-9,16-17,21,25H,6-7,10-15,18H2,1-2H3,(H,28,32)/t25-/m1/s1. The second-order valence-corrected chi connectivity index (χ2v) is 9.83. The molecule has 2 aliphatic heterocycles. The lowest BCUT2D eigenvalue weighted by molar-refractivity contribution is -0.117. The van der Waals surface area contributed by atoms with E-state index in [1.807, 2.05) is 42.2 Å². The van der Waals surface area contributed by atoms with Gasteiger partial charge in [0.25, 0.3) is 5.91 Å². The Morgan fingerprint density at radius 1 is 0.970 bits per heavy atom. The van der Waals surface area contributed by atoms with Crippen molar-refractivity contribution in [1.29, 1.82) is 0 Å². The molecule has 6 heteroatoms. The quantitative estimate of drug-likeness (QED) is 0.752. The van der Waals surface area contributed by atoms with Gasteiger partial charge in [0.15, 0.2) is 0 Å². The number of likely N-dealkylation sites (N-methyl/N-ethyl adjacent to an activating group) is 1. The predicted molar refractivity (Wildman–Crippen MR) is 132 cm³/mol. The molecule has 174 valence electrons. The minimum atomic E-state index is 0.0263. The zero-order valence-corrected chi connectivity index (χ0v) is 19.7. The zero-order valence-electron chi connectivity index (χ0n) is 19.7. The van der Waals surface area contributed by atoms with Gasteiger partial charge in [-0.05, 0) is 62.9 Å². The fraction of sp³-hybridized carbons (Fsp3) is 0.481. The van der Waals surface area contributed by atoms with Crippen LogP contribution in [0.1, 0.15) is 53.2 Å². The average molecular weight is 447 g/mol. The molecule has 1 aliphatic carbocycles. The molecule has 2 saturated heterocycles. The Balaban J connectivity index is 1.50. The Kier molecular flexibility index (Phi) is 6.11. The maximum absolute atomic E-state index is 14.1. The predicted octanol–water partition coefficient (Wildman–Crippen LogP) is 4.07. The average Bonchev–Trinajstić information content (AvgIpc) is 3.55. The van der Waals surface area contributed by atoms with Crippen molar-refractivity contribution in [3.05, 3.63) is 59.2 Å². The van der Waals surface area contributed by atoms with Crippen LogP contribution in [0, 0.1) is 12.8 Å². The lowest BCUT2D eigenvalue weighted by atomic mass is 9.99. The Morgan fingerprint density at radius 3 is 2.39 bits per heavy atom. The highest BCUT2D eigenvalue weighted by Crippen LogP contribution is 2.36. The number of hydrogen-bond acceptors (Lipinski definition) is 4. The van der Waals surface area contributed by atoms with Gasteiger partial charge in [-0.1, -0.05) is 30.3 Å². The molecule has 0 radical (unpaired) electrons. The fourth-order valence-corrected chi connectivity index (χ4v) is 5.08. The summed E-state index contributed by atoms with van der Waals surface area (Å²) in [4.78, 5) is 33.2. The number of rotatable bonds is 5. The van der Waals surface area contributed by atoms with Crippen molar-refractivity contribution in [2.75, 3.05) is 50.0 Å². The van der Waals surface area contributed by atoms with Crippen molar-refractivity contribution in [2.24, 2.45) is 5.92 Å². The summed E-state index contributed by atoms with van der Waals surface area (Å²) in [6, 6.07) is 14.4. The van der Waals surface area contributed by atoms with Crippen LogP contribution < -0.4 is 10.2 Å². The lowest BCUT2D eigenvalue weighted by Gasteiger charge is -2.41. The summed E-state index contributed by atoms with van der Waals surface area (Å²) in [7, 11) is 2.12. The van der Waals surface area contributed by atoms with E-state index in [9.17, 15) is 9.59 Å². The monoisotopic (exact) mass is 446 g/mol. The van der Waals surface area contributed by atoms with Gasteiger partial charge in [-0.2, -0.15) is 0 Å². The van der Waals surface area contributed by atoms with Crippen molar-refractivity contribution in [2.45, 2.75) is 38.6 Å². The fourth-order valence-electron chi connectivity index (χ4n) is 5.08. The number of nitrogens with one attached hydrogen (secondary N) is 1. The molecule has 0 bridgehead atoms. The Hall–Kier alpha value is -2.86. The molecule has 3 fully saturated rings. The number of aryl methyl sites for hydroxylation is 1. The van der Waals surface area contributed by atoms with E-state index in [0.29, 0.717) is 6.54 Å².